The van der Waals surface area contributed by atoms with Gasteiger partial charge in [-0.15, -0.1) is 13.2 Å². The molecule has 33 heavy (non-hydrogen) atoms. The highest BCUT2D eigenvalue weighted by Crippen LogP contribution is 2.42. The first-order chi connectivity index (χ1) is 15.5. The molecule has 0 amide bonds. The molecule has 0 unspecified atom stereocenters. The topological polar surface area (TPSA) is 9.23 Å². The summed E-state index contributed by atoms with van der Waals surface area (Å²) in [6.45, 7) is 2.22. The molecule has 0 aromatic heterocycles. The number of rotatable bonds is 7. The van der Waals surface area contributed by atoms with Crippen LogP contribution in [0.15, 0.2) is 24.3 Å². The van der Waals surface area contributed by atoms with Gasteiger partial charge in [0.05, 0.1) is 0 Å². The van der Waals surface area contributed by atoms with Crippen LogP contribution in [0.4, 0.5) is 30.7 Å². The Morgan fingerprint density at radius 2 is 1.30 bits per heavy atom. The maximum atomic E-state index is 14.2. The van der Waals surface area contributed by atoms with E-state index in [0.717, 1.165) is 18.8 Å². The summed E-state index contributed by atoms with van der Waals surface area (Å²) < 4.78 is 95.0. The van der Waals surface area contributed by atoms with Crippen LogP contribution in [0, 0.1) is 29.4 Å². The van der Waals surface area contributed by atoms with E-state index in [0.29, 0.717) is 36.8 Å². The molecule has 0 radical (unpaired) electrons. The predicted molar refractivity (Wildman–Crippen MR) is 112 cm³/mol. The summed E-state index contributed by atoms with van der Waals surface area (Å²) >= 11 is 0. The van der Waals surface area contributed by atoms with Gasteiger partial charge in [0.1, 0.15) is 17.2 Å². The zero-order valence-corrected chi connectivity index (χ0v) is 18.7. The monoisotopic (exact) mass is 480 g/mol. The van der Waals surface area contributed by atoms with Gasteiger partial charge in [-0.25, -0.2) is 13.5 Å². The van der Waals surface area contributed by atoms with Crippen LogP contribution in [0.2, 0.25) is 0 Å². The molecule has 0 aliphatic heterocycles. The van der Waals surface area contributed by atoms with E-state index in [1.165, 1.54) is 38.5 Å². The van der Waals surface area contributed by atoms with Crippen LogP contribution in [0.25, 0.3) is 0 Å². The lowest BCUT2D eigenvalue weighted by Gasteiger charge is -2.29. The number of halogens is 7. The molecule has 2 aliphatic rings. The Morgan fingerprint density at radius 1 is 0.818 bits per heavy atom. The standard InChI is InChI=1S/C25H31F7O/c1-2-3-16-4-6-17(7-5-16)8-9-18-10-12-19(13-11-18)20-14-21(26)23(22(27)15-20)24(28,29)33-25(30,31)32/h8-9,14-19H,2-7,10-13H2,1H3. The highest BCUT2D eigenvalue weighted by molar-refractivity contribution is 5.31. The summed E-state index contributed by atoms with van der Waals surface area (Å²) in [5.41, 5.74) is -1.83. The molecule has 1 aromatic carbocycles. The van der Waals surface area contributed by atoms with Crippen LogP contribution in [0.3, 0.4) is 0 Å². The molecule has 3 rings (SSSR count). The number of hydrogen-bond donors (Lipinski definition) is 0. The van der Waals surface area contributed by atoms with Crippen molar-refractivity contribution in [3.8, 4) is 0 Å². The molecule has 0 saturated heterocycles. The van der Waals surface area contributed by atoms with Gasteiger partial charge < -0.3 is 0 Å². The summed E-state index contributed by atoms with van der Waals surface area (Å²) in [4.78, 5) is 0. The molecule has 0 spiro atoms. The van der Waals surface area contributed by atoms with Crippen LogP contribution in [-0.4, -0.2) is 6.36 Å². The van der Waals surface area contributed by atoms with Crippen molar-refractivity contribution in [3.05, 3.63) is 47.0 Å². The molecule has 0 N–H and O–H groups in total. The van der Waals surface area contributed by atoms with Crippen molar-refractivity contribution in [1.82, 2.24) is 0 Å². The summed E-state index contributed by atoms with van der Waals surface area (Å²) in [5.74, 6) is -1.88. The zero-order chi connectivity index (χ0) is 24.2. The molecule has 1 aromatic rings. The molecule has 2 fully saturated rings. The fourth-order valence-corrected chi connectivity index (χ4v) is 5.34. The molecule has 2 saturated carbocycles. The van der Waals surface area contributed by atoms with Gasteiger partial charge in [0.2, 0.25) is 0 Å². The summed E-state index contributed by atoms with van der Waals surface area (Å²) in [6, 6.07) is 1.42. The first kappa shape index (κ1) is 26.0. The Bertz CT molecular complexity index is 778. The van der Waals surface area contributed by atoms with Crippen molar-refractivity contribution in [1.29, 1.82) is 0 Å². The Balaban J connectivity index is 1.56. The Morgan fingerprint density at radius 3 is 1.76 bits per heavy atom. The molecule has 8 heteroatoms. The largest absolute Gasteiger partial charge is 0.527 e. The minimum atomic E-state index is -5.73. The number of ether oxygens (including phenoxy) is 1. The van der Waals surface area contributed by atoms with Gasteiger partial charge in [-0.05, 0) is 92.7 Å². The second-order valence-corrected chi connectivity index (χ2v) is 9.49. The average molecular weight is 481 g/mol. The van der Waals surface area contributed by atoms with Gasteiger partial charge in [0.15, 0.2) is 0 Å². The number of benzene rings is 1. The third kappa shape index (κ3) is 7.20. The van der Waals surface area contributed by atoms with Gasteiger partial charge in [0, 0.05) is 0 Å². The summed E-state index contributed by atoms with van der Waals surface area (Å²) in [5, 5.41) is 0. The van der Waals surface area contributed by atoms with E-state index in [4.69, 9.17) is 0 Å². The van der Waals surface area contributed by atoms with Crippen LogP contribution >= 0.6 is 0 Å². The van der Waals surface area contributed by atoms with E-state index in [-0.39, 0.29) is 11.5 Å². The fourth-order valence-electron chi connectivity index (χ4n) is 5.34. The van der Waals surface area contributed by atoms with E-state index >= 15 is 0 Å². The fraction of sp³-hybridized carbons (Fsp3) is 0.680. The second-order valence-electron chi connectivity index (χ2n) is 9.49. The van der Waals surface area contributed by atoms with Crippen LogP contribution in [0.5, 0.6) is 0 Å². The Labute approximate surface area is 190 Å². The minimum Gasteiger partial charge on any atom is -0.222 e. The maximum Gasteiger partial charge on any atom is 0.527 e. The van der Waals surface area contributed by atoms with Crippen molar-refractivity contribution in [3.63, 3.8) is 0 Å². The van der Waals surface area contributed by atoms with E-state index in [9.17, 15) is 30.7 Å². The summed E-state index contributed by atoms with van der Waals surface area (Å²) in [7, 11) is 0. The lowest BCUT2D eigenvalue weighted by atomic mass is 9.76. The number of alkyl halides is 5. The second kappa shape index (κ2) is 10.8. The Kier molecular flexibility index (Phi) is 8.51. The highest BCUT2D eigenvalue weighted by atomic mass is 19.4. The quantitative estimate of drug-likeness (QED) is 0.280. The summed E-state index contributed by atoms with van der Waals surface area (Å²) in [6.07, 6.45) is 4.06. The number of hydrogen-bond acceptors (Lipinski definition) is 1. The van der Waals surface area contributed by atoms with E-state index in [1.807, 2.05) is 0 Å². The van der Waals surface area contributed by atoms with Crippen molar-refractivity contribution < 1.29 is 35.5 Å². The molecule has 0 bridgehead atoms. The SMILES string of the molecule is CCCC1CCC(C=CC2CCC(c3cc(F)c(C(F)(F)OC(F)(F)F)c(F)c3)CC2)CC1. The minimum absolute atomic E-state index is 0.188. The first-order valence-electron chi connectivity index (χ1n) is 11.8. The van der Waals surface area contributed by atoms with Crippen molar-refractivity contribution in [2.45, 2.75) is 89.5 Å². The van der Waals surface area contributed by atoms with Gasteiger partial charge in [-0.3, -0.25) is 0 Å². The maximum absolute atomic E-state index is 14.2. The molecule has 0 atom stereocenters. The van der Waals surface area contributed by atoms with Crippen LogP contribution in [0.1, 0.15) is 88.2 Å². The highest BCUT2D eigenvalue weighted by Gasteiger charge is 2.49. The zero-order valence-electron chi connectivity index (χ0n) is 18.7. The lowest BCUT2D eigenvalue weighted by Crippen LogP contribution is -2.30. The van der Waals surface area contributed by atoms with Crippen molar-refractivity contribution in [2.75, 3.05) is 0 Å². The third-order valence-corrected chi connectivity index (χ3v) is 7.09. The molecular formula is C25H31F7O. The smallest absolute Gasteiger partial charge is 0.222 e. The van der Waals surface area contributed by atoms with Crippen LogP contribution < -0.4 is 0 Å². The van der Waals surface area contributed by atoms with E-state index in [1.54, 1.807) is 0 Å². The molecule has 0 heterocycles. The normalized spacial score (nSPS) is 27.3. The molecule has 1 nitrogen and oxygen atoms in total. The predicted octanol–water partition coefficient (Wildman–Crippen LogP) is 8.99. The molecular weight excluding hydrogens is 449 g/mol. The Hall–Kier alpha value is -1.57. The van der Waals surface area contributed by atoms with Gasteiger partial charge in [-0.1, -0.05) is 31.9 Å². The molecule has 186 valence electrons. The molecule has 2 aliphatic carbocycles. The van der Waals surface area contributed by atoms with Gasteiger partial charge in [0.25, 0.3) is 0 Å². The van der Waals surface area contributed by atoms with Crippen LogP contribution in [-0.2, 0) is 10.8 Å². The van der Waals surface area contributed by atoms with E-state index in [2.05, 4.69) is 23.8 Å². The first-order valence-corrected chi connectivity index (χ1v) is 11.8. The van der Waals surface area contributed by atoms with E-state index < -0.39 is 29.7 Å². The van der Waals surface area contributed by atoms with Gasteiger partial charge >= 0.3 is 12.5 Å². The van der Waals surface area contributed by atoms with Crippen molar-refractivity contribution >= 4 is 0 Å². The van der Waals surface area contributed by atoms with Gasteiger partial charge in [-0.2, -0.15) is 8.78 Å². The average Bonchev–Trinajstić information content (AvgIpc) is 2.71. The third-order valence-electron chi connectivity index (χ3n) is 7.09. The lowest BCUT2D eigenvalue weighted by molar-refractivity contribution is -0.432. The van der Waals surface area contributed by atoms with Crippen molar-refractivity contribution in [2.24, 2.45) is 17.8 Å². The number of allylic oxidation sites excluding steroid dienone is 2.